The van der Waals surface area contributed by atoms with Crippen LogP contribution < -0.4 is 5.32 Å². The number of nitrogens with zero attached hydrogens (tertiary/aromatic N) is 1. The van der Waals surface area contributed by atoms with E-state index in [1.807, 2.05) is 25.7 Å². The Labute approximate surface area is 97.3 Å². The number of amides is 1. The molecule has 2 fully saturated rings. The summed E-state index contributed by atoms with van der Waals surface area (Å²) >= 11 is 0. The van der Waals surface area contributed by atoms with E-state index in [1.54, 1.807) is 0 Å². The normalized spacial score (nSPS) is 35.6. The first-order valence-electron chi connectivity index (χ1n) is 6.04. The van der Waals surface area contributed by atoms with Crippen LogP contribution in [0.4, 0.5) is 4.79 Å². The van der Waals surface area contributed by atoms with Crippen molar-refractivity contribution in [1.29, 1.82) is 0 Å². The molecule has 4 nitrogen and oxygen atoms in total. The average molecular weight is 226 g/mol. The fourth-order valence-corrected chi connectivity index (χ4v) is 2.56. The van der Waals surface area contributed by atoms with Crippen LogP contribution in [0.5, 0.6) is 0 Å². The van der Waals surface area contributed by atoms with Crippen LogP contribution in [0.1, 0.15) is 34.1 Å². The van der Waals surface area contributed by atoms with E-state index in [0.717, 1.165) is 19.5 Å². The van der Waals surface area contributed by atoms with Crippen molar-refractivity contribution in [3.8, 4) is 0 Å². The Morgan fingerprint density at radius 3 is 2.62 bits per heavy atom. The maximum atomic E-state index is 11.9. The number of cyclic esters (lactones) is 1. The lowest BCUT2D eigenvalue weighted by molar-refractivity contribution is 0.0287. The van der Waals surface area contributed by atoms with Crippen LogP contribution in [0.25, 0.3) is 0 Å². The molecule has 16 heavy (non-hydrogen) atoms. The van der Waals surface area contributed by atoms with Gasteiger partial charge >= 0.3 is 6.09 Å². The molecule has 2 unspecified atom stereocenters. The van der Waals surface area contributed by atoms with E-state index < -0.39 is 0 Å². The highest BCUT2D eigenvalue weighted by molar-refractivity contribution is 5.71. The molecule has 92 valence electrons. The minimum atomic E-state index is -0.312. The second-order valence-electron chi connectivity index (χ2n) is 6.13. The highest BCUT2D eigenvalue weighted by atomic mass is 16.6. The summed E-state index contributed by atoms with van der Waals surface area (Å²) in [6.45, 7) is 10.9. The molecule has 1 N–H and O–H groups in total. The van der Waals surface area contributed by atoms with Gasteiger partial charge in [-0.3, -0.25) is 4.90 Å². The van der Waals surface area contributed by atoms with Gasteiger partial charge in [0.2, 0.25) is 0 Å². The zero-order valence-corrected chi connectivity index (χ0v) is 10.7. The van der Waals surface area contributed by atoms with Crippen molar-refractivity contribution < 1.29 is 9.53 Å². The van der Waals surface area contributed by atoms with Gasteiger partial charge in [-0.25, -0.2) is 4.79 Å². The molecule has 2 rings (SSSR count). The van der Waals surface area contributed by atoms with Crippen LogP contribution in [0.2, 0.25) is 0 Å². The predicted molar refractivity (Wildman–Crippen MR) is 62.3 cm³/mol. The quantitative estimate of drug-likeness (QED) is 0.738. The van der Waals surface area contributed by atoms with Crippen molar-refractivity contribution in [2.45, 2.75) is 45.3 Å². The molecule has 2 heterocycles. The number of carbonyl (C=O) groups excluding carboxylic acids is 1. The molecule has 0 radical (unpaired) electrons. The summed E-state index contributed by atoms with van der Waals surface area (Å²) in [5, 5.41) is 3.33. The summed E-state index contributed by atoms with van der Waals surface area (Å²) in [6, 6.07) is 0. The molecule has 0 aromatic carbocycles. The van der Waals surface area contributed by atoms with Crippen molar-refractivity contribution in [3.05, 3.63) is 0 Å². The van der Waals surface area contributed by atoms with Gasteiger partial charge in [-0.05, 0) is 40.7 Å². The van der Waals surface area contributed by atoms with Gasteiger partial charge in [0.05, 0.1) is 6.54 Å². The summed E-state index contributed by atoms with van der Waals surface area (Å²) in [6.07, 6.45) is 0.934. The van der Waals surface area contributed by atoms with Gasteiger partial charge in [0.15, 0.2) is 0 Å². The monoisotopic (exact) mass is 226 g/mol. The molecule has 2 saturated heterocycles. The number of rotatable bonds is 1. The fourth-order valence-electron chi connectivity index (χ4n) is 2.56. The molecule has 1 amide bonds. The van der Waals surface area contributed by atoms with Gasteiger partial charge in [-0.2, -0.15) is 0 Å². The topological polar surface area (TPSA) is 41.6 Å². The number of hydrogen-bond acceptors (Lipinski definition) is 3. The van der Waals surface area contributed by atoms with Crippen molar-refractivity contribution in [2.75, 3.05) is 19.6 Å². The van der Waals surface area contributed by atoms with Gasteiger partial charge in [0.1, 0.15) is 5.60 Å². The maximum absolute atomic E-state index is 11.9. The molecule has 2 aliphatic rings. The lowest BCUT2D eigenvalue weighted by Crippen LogP contribution is -2.45. The molecule has 0 aliphatic carbocycles. The smallest absolute Gasteiger partial charge is 0.410 e. The summed E-state index contributed by atoms with van der Waals surface area (Å²) < 4.78 is 5.62. The third-order valence-corrected chi connectivity index (χ3v) is 3.75. The Bertz CT molecular complexity index is 292. The number of ether oxygens (including phenoxy) is 1. The minimum Gasteiger partial charge on any atom is -0.441 e. The van der Waals surface area contributed by atoms with Crippen LogP contribution >= 0.6 is 0 Å². The summed E-state index contributed by atoms with van der Waals surface area (Å²) in [7, 11) is 0. The molecule has 0 saturated carbocycles. The molecular weight excluding hydrogens is 204 g/mol. The van der Waals surface area contributed by atoms with E-state index in [-0.39, 0.29) is 17.2 Å². The van der Waals surface area contributed by atoms with E-state index in [9.17, 15) is 4.79 Å². The van der Waals surface area contributed by atoms with E-state index in [0.29, 0.717) is 12.5 Å². The second-order valence-corrected chi connectivity index (χ2v) is 6.13. The Kier molecular flexibility index (Phi) is 2.65. The molecular formula is C12H22N2O2. The maximum Gasteiger partial charge on any atom is 0.410 e. The van der Waals surface area contributed by atoms with E-state index in [1.165, 1.54) is 0 Å². The van der Waals surface area contributed by atoms with E-state index >= 15 is 0 Å². The molecule has 2 atom stereocenters. The summed E-state index contributed by atoms with van der Waals surface area (Å²) in [4.78, 5) is 13.7. The van der Waals surface area contributed by atoms with E-state index in [4.69, 9.17) is 4.74 Å². The minimum absolute atomic E-state index is 0.152. The van der Waals surface area contributed by atoms with Crippen molar-refractivity contribution in [1.82, 2.24) is 10.2 Å². The Morgan fingerprint density at radius 1 is 1.50 bits per heavy atom. The molecule has 2 aliphatic heterocycles. The van der Waals surface area contributed by atoms with Gasteiger partial charge in [0, 0.05) is 18.0 Å². The van der Waals surface area contributed by atoms with Gasteiger partial charge in [-0.1, -0.05) is 0 Å². The van der Waals surface area contributed by atoms with Crippen LogP contribution in [-0.2, 0) is 4.74 Å². The lowest BCUT2D eigenvalue weighted by atomic mass is 9.87. The zero-order valence-electron chi connectivity index (χ0n) is 10.7. The SMILES string of the molecule is CC1(C2CCNC2)CN(C(C)(C)C)C(=O)O1. The Hall–Kier alpha value is -0.770. The predicted octanol–water partition coefficient (Wildman–Crippen LogP) is 1.61. The summed E-state index contributed by atoms with van der Waals surface area (Å²) in [5.74, 6) is 0.448. The largest absolute Gasteiger partial charge is 0.441 e. The molecule has 0 spiro atoms. The molecule has 4 heteroatoms. The lowest BCUT2D eigenvalue weighted by Gasteiger charge is -2.32. The van der Waals surface area contributed by atoms with Crippen LogP contribution in [-0.4, -0.2) is 41.8 Å². The first-order chi connectivity index (χ1) is 7.33. The number of nitrogens with one attached hydrogen (secondary N) is 1. The second kappa shape index (κ2) is 3.62. The number of carbonyl (C=O) groups is 1. The van der Waals surface area contributed by atoms with Gasteiger partial charge in [0.25, 0.3) is 0 Å². The van der Waals surface area contributed by atoms with Crippen LogP contribution in [0.15, 0.2) is 0 Å². The number of hydrogen-bond donors (Lipinski definition) is 1. The Balaban J connectivity index is 2.13. The first kappa shape index (κ1) is 11.7. The molecule has 0 aromatic heterocycles. The Morgan fingerprint density at radius 2 is 2.19 bits per heavy atom. The van der Waals surface area contributed by atoms with E-state index in [2.05, 4.69) is 12.2 Å². The van der Waals surface area contributed by atoms with Crippen LogP contribution in [0.3, 0.4) is 0 Å². The van der Waals surface area contributed by atoms with Crippen molar-refractivity contribution in [2.24, 2.45) is 5.92 Å². The average Bonchev–Trinajstić information content (AvgIpc) is 2.71. The highest BCUT2D eigenvalue weighted by Gasteiger charge is 2.50. The van der Waals surface area contributed by atoms with Gasteiger partial charge in [-0.15, -0.1) is 0 Å². The summed E-state index contributed by atoms with van der Waals surface area (Å²) in [5.41, 5.74) is -0.464. The van der Waals surface area contributed by atoms with Crippen molar-refractivity contribution >= 4 is 6.09 Å². The third-order valence-electron chi connectivity index (χ3n) is 3.75. The highest BCUT2D eigenvalue weighted by Crippen LogP contribution is 2.36. The van der Waals surface area contributed by atoms with Crippen molar-refractivity contribution in [3.63, 3.8) is 0 Å². The first-order valence-corrected chi connectivity index (χ1v) is 6.04. The standard InChI is InChI=1S/C12H22N2O2/c1-11(2,3)14-8-12(4,16-10(14)15)9-5-6-13-7-9/h9,13H,5-8H2,1-4H3. The molecule has 0 aromatic rings. The fraction of sp³-hybridized carbons (Fsp3) is 0.917. The third kappa shape index (κ3) is 1.90. The van der Waals surface area contributed by atoms with Gasteiger partial charge < -0.3 is 10.1 Å². The zero-order chi connectivity index (χ0) is 12.0. The van der Waals surface area contributed by atoms with Crippen LogP contribution in [0, 0.1) is 5.92 Å². The molecule has 0 bridgehead atoms.